The van der Waals surface area contributed by atoms with E-state index in [1.807, 2.05) is 31.2 Å². The van der Waals surface area contributed by atoms with Gasteiger partial charge in [0.05, 0.1) is 5.56 Å². The standard InChI is InChI=1S/C24H19BrN2O4/c1-15-5-4-6-17(11-15)26-24(29)20(27-23(28)18-7-2-3-8-19(18)25)12-16-9-10-21-22(13-16)31-14-30-21/h2-13H,14H2,1H3,(H,26,29)(H,27,28). The molecule has 0 saturated carbocycles. The molecule has 0 fully saturated rings. The van der Waals surface area contributed by atoms with Crippen molar-refractivity contribution in [2.75, 3.05) is 12.1 Å². The van der Waals surface area contributed by atoms with Crippen LogP contribution in [0, 0.1) is 6.92 Å². The van der Waals surface area contributed by atoms with E-state index in [1.54, 1.807) is 48.5 Å². The van der Waals surface area contributed by atoms with Crippen molar-refractivity contribution >= 4 is 39.5 Å². The minimum atomic E-state index is -0.441. The Morgan fingerprint density at radius 2 is 1.77 bits per heavy atom. The predicted octanol–water partition coefficient (Wildman–Crippen LogP) is 4.90. The van der Waals surface area contributed by atoms with Crippen LogP contribution in [0.5, 0.6) is 11.5 Å². The average molecular weight is 479 g/mol. The topological polar surface area (TPSA) is 76.7 Å². The summed E-state index contributed by atoms with van der Waals surface area (Å²) in [7, 11) is 0. The number of fused-ring (bicyclic) bond motifs is 1. The number of carbonyl (C=O) groups is 2. The zero-order valence-corrected chi connectivity index (χ0v) is 18.2. The molecule has 31 heavy (non-hydrogen) atoms. The minimum absolute atomic E-state index is 0.0983. The van der Waals surface area contributed by atoms with E-state index in [4.69, 9.17) is 9.47 Å². The van der Waals surface area contributed by atoms with Crippen molar-refractivity contribution in [3.05, 3.63) is 93.6 Å². The Labute approximate surface area is 188 Å². The Morgan fingerprint density at radius 1 is 0.968 bits per heavy atom. The van der Waals surface area contributed by atoms with Crippen molar-refractivity contribution in [1.29, 1.82) is 0 Å². The molecule has 1 heterocycles. The summed E-state index contributed by atoms with van der Waals surface area (Å²) in [5.41, 5.74) is 2.85. The molecule has 0 bridgehead atoms. The highest BCUT2D eigenvalue weighted by atomic mass is 79.9. The number of halogens is 1. The third-order valence-corrected chi connectivity index (χ3v) is 5.29. The van der Waals surface area contributed by atoms with Crippen LogP contribution in [-0.2, 0) is 4.79 Å². The van der Waals surface area contributed by atoms with E-state index in [2.05, 4.69) is 26.6 Å². The lowest BCUT2D eigenvalue weighted by molar-refractivity contribution is -0.113. The molecule has 1 aliphatic rings. The van der Waals surface area contributed by atoms with Gasteiger partial charge >= 0.3 is 0 Å². The number of anilines is 1. The lowest BCUT2D eigenvalue weighted by Gasteiger charge is -2.12. The van der Waals surface area contributed by atoms with Gasteiger partial charge in [0.25, 0.3) is 11.8 Å². The maximum absolute atomic E-state index is 13.1. The first-order valence-electron chi connectivity index (χ1n) is 9.55. The van der Waals surface area contributed by atoms with E-state index in [-0.39, 0.29) is 12.5 Å². The highest BCUT2D eigenvalue weighted by Crippen LogP contribution is 2.33. The normalized spacial score (nSPS) is 12.4. The molecule has 2 N–H and O–H groups in total. The smallest absolute Gasteiger partial charge is 0.272 e. The van der Waals surface area contributed by atoms with Gasteiger partial charge in [-0.1, -0.05) is 30.3 Å². The maximum atomic E-state index is 13.1. The molecule has 6 nitrogen and oxygen atoms in total. The van der Waals surface area contributed by atoms with Gasteiger partial charge in [-0.15, -0.1) is 0 Å². The molecule has 7 heteroatoms. The van der Waals surface area contributed by atoms with Gasteiger partial charge in [0.1, 0.15) is 5.70 Å². The van der Waals surface area contributed by atoms with E-state index in [1.165, 1.54) is 0 Å². The minimum Gasteiger partial charge on any atom is -0.454 e. The van der Waals surface area contributed by atoms with Crippen LogP contribution >= 0.6 is 15.9 Å². The van der Waals surface area contributed by atoms with E-state index in [0.29, 0.717) is 32.8 Å². The predicted molar refractivity (Wildman–Crippen MR) is 122 cm³/mol. The number of carbonyl (C=O) groups excluding carboxylic acids is 2. The number of hydrogen-bond donors (Lipinski definition) is 2. The zero-order valence-electron chi connectivity index (χ0n) is 16.6. The SMILES string of the molecule is Cc1cccc(NC(=O)C(=Cc2ccc3c(c2)OCO3)NC(=O)c2ccccc2Br)c1. The second kappa shape index (κ2) is 9.06. The molecule has 4 rings (SSSR count). The Bertz CT molecular complexity index is 1190. The molecule has 0 unspecified atom stereocenters. The molecule has 3 aromatic carbocycles. The lowest BCUT2D eigenvalue weighted by atomic mass is 10.1. The second-order valence-corrected chi connectivity index (χ2v) is 7.78. The van der Waals surface area contributed by atoms with Crippen molar-refractivity contribution in [3.8, 4) is 11.5 Å². The Hall–Kier alpha value is -3.58. The van der Waals surface area contributed by atoms with Gasteiger partial charge in [0.2, 0.25) is 6.79 Å². The molecule has 0 radical (unpaired) electrons. The molecule has 0 aliphatic carbocycles. The van der Waals surface area contributed by atoms with Crippen molar-refractivity contribution in [3.63, 3.8) is 0 Å². The summed E-state index contributed by atoms with van der Waals surface area (Å²) in [6, 6.07) is 19.8. The summed E-state index contributed by atoms with van der Waals surface area (Å²) in [6.45, 7) is 2.09. The number of ether oxygens (including phenoxy) is 2. The summed E-state index contributed by atoms with van der Waals surface area (Å²) in [6.07, 6.45) is 1.60. The second-order valence-electron chi connectivity index (χ2n) is 6.93. The van der Waals surface area contributed by atoms with Crippen LogP contribution in [0.2, 0.25) is 0 Å². The Balaban J connectivity index is 1.65. The summed E-state index contributed by atoms with van der Waals surface area (Å²) >= 11 is 3.37. The number of benzene rings is 3. The Kier molecular flexibility index (Phi) is 6.04. The third kappa shape index (κ3) is 4.95. The molecule has 0 atom stereocenters. The van der Waals surface area contributed by atoms with Crippen molar-refractivity contribution in [1.82, 2.24) is 5.32 Å². The maximum Gasteiger partial charge on any atom is 0.272 e. The first-order valence-corrected chi connectivity index (χ1v) is 10.3. The van der Waals surface area contributed by atoms with E-state index in [0.717, 1.165) is 5.56 Å². The highest BCUT2D eigenvalue weighted by Gasteiger charge is 2.18. The fourth-order valence-electron chi connectivity index (χ4n) is 3.08. The van der Waals surface area contributed by atoms with Crippen molar-refractivity contribution in [2.24, 2.45) is 0 Å². The van der Waals surface area contributed by atoms with Crippen molar-refractivity contribution in [2.45, 2.75) is 6.92 Å². The van der Waals surface area contributed by atoms with Gasteiger partial charge in [-0.25, -0.2) is 0 Å². The molecular weight excluding hydrogens is 460 g/mol. The van der Waals surface area contributed by atoms with Crippen LogP contribution in [0.15, 0.2) is 76.9 Å². The van der Waals surface area contributed by atoms with Crippen LogP contribution < -0.4 is 20.1 Å². The highest BCUT2D eigenvalue weighted by molar-refractivity contribution is 9.10. The number of amides is 2. The average Bonchev–Trinajstić information content (AvgIpc) is 3.21. The fourth-order valence-corrected chi connectivity index (χ4v) is 3.55. The molecule has 156 valence electrons. The molecule has 0 aromatic heterocycles. The number of rotatable bonds is 5. The molecule has 3 aromatic rings. The molecule has 0 spiro atoms. The lowest BCUT2D eigenvalue weighted by Crippen LogP contribution is -2.31. The first kappa shape index (κ1) is 20.7. The zero-order chi connectivity index (χ0) is 21.8. The molecular formula is C24H19BrN2O4. The number of nitrogens with one attached hydrogen (secondary N) is 2. The first-order chi connectivity index (χ1) is 15.0. The van der Waals surface area contributed by atoms with Gasteiger partial charge in [-0.05, 0) is 76.5 Å². The van der Waals surface area contributed by atoms with Gasteiger partial charge < -0.3 is 20.1 Å². The van der Waals surface area contributed by atoms with E-state index < -0.39 is 11.8 Å². The van der Waals surface area contributed by atoms with Gasteiger partial charge in [0.15, 0.2) is 11.5 Å². The van der Waals surface area contributed by atoms with E-state index in [9.17, 15) is 9.59 Å². The van der Waals surface area contributed by atoms with Gasteiger partial charge in [-0.2, -0.15) is 0 Å². The number of hydrogen-bond acceptors (Lipinski definition) is 4. The van der Waals surface area contributed by atoms with Gasteiger partial charge in [0, 0.05) is 10.2 Å². The van der Waals surface area contributed by atoms with Gasteiger partial charge in [-0.3, -0.25) is 9.59 Å². The molecule has 1 aliphatic heterocycles. The Morgan fingerprint density at radius 3 is 2.58 bits per heavy atom. The van der Waals surface area contributed by atoms with Crippen LogP contribution in [-0.4, -0.2) is 18.6 Å². The quantitative estimate of drug-likeness (QED) is 0.511. The third-order valence-electron chi connectivity index (χ3n) is 4.59. The monoisotopic (exact) mass is 478 g/mol. The van der Waals surface area contributed by atoms with Crippen molar-refractivity contribution < 1.29 is 19.1 Å². The van der Waals surface area contributed by atoms with Crippen LogP contribution in [0.3, 0.4) is 0 Å². The van der Waals surface area contributed by atoms with Crippen LogP contribution in [0.25, 0.3) is 6.08 Å². The fraction of sp³-hybridized carbons (Fsp3) is 0.0833. The summed E-state index contributed by atoms with van der Waals surface area (Å²) in [4.78, 5) is 25.9. The van der Waals surface area contributed by atoms with Crippen LogP contribution in [0.4, 0.5) is 5.69 Å². The molecule has 2 amide bonds. The van der Waals surface area contributed by atoms with E-state index >= 15 is 0 Å². The summed E-state index contributed by atoms with van der Waals surface area (Å²) in [5, 5.41) is 5.57. The summed E-state index contributed by atoms with van der Waals surface area (Å²) in [5.74, 6) is 0.381. The number of aryl methyl sites for hydroxylation is 1. The van der Waals surface area contributed by atoms with Crippen LogP contribution in [0.1, 0.15) is 21.5 Å². The summed E-state index contributed by atoms with van der Waals surface area (Å²) < 4.78 is 11.4. The molecule has 0 saturated heterocycles. The largest absolute Gasteiger partial charge is 0.454 e.